The molecule has 2 unspecified atom stereocenters. The maximum atomic E-state index is 11.5. The van der Waals surface area contributed by atoms with E-state index in [1.54, 1.807) is 23.7 Å². The third kappa shape index (κ3) is 4.60. The first-order valence-corrected chi connectivity index (χ1v) is 8.72. The van der Waals surface area contributed by atoms with Crippen molar-refractivity contribution in [3.63, 3.8) is 0 Å². The normalized spacial score (nSPS) is 13.0. The zero-order valence-corrected chi connectivity index (χ0v) is 15.0. The van der Waals surface area contributed by atoms with Crippen LogP contribution in [0.5, 0.6) is 0 Å². The van der Waals surface area contributed by atoms with Crippen molar-refractivity contribution in [3.8, 4) is 11.1 Å². The van der Waals surface area contributed by atoms with Gasteiger partial charge in [-0.25, -0.2) is 5.48 Å². The lowest BCUT2D eigenvalue weighted by atomic mass is 10.0. The zero-order chi connectivity index (χ0) is 19.2. The van der Waals surface area contributed by atoms with Gasteiger partial charge in [-0.2, -0.15) is 0 Å². The van der Waals surface area contributed by atoms with Crippen LogP contribution < -0.4 is 10.8 Å². The molecule has 5 nitrogen and oxygen atoms in total. The van der Waals surface area contributed by atoms with Gasteiger partial charge < -0.3 is 5.11 Å². The molecule has 3 aromatic rings. The monoisotopic (exact) mass is 362 g/mol. The summed E-state index contributed by atoms with van der Waals surface area (Å²) in [4.78, 5) is 11.5. The van der Waals surface area contributed by atoms with Crippen LogP contribution >= 0.6 is 0 Å². The summed E-state index contributed by atoms with van der Waals surface area (Å²) in [5.74, 6) is -0.568. The molecule has 27 heavy (non-hydrogen) atoms. The summed E-state index contributed by atoms with van der Waals surface area (Å²) in [5.41, 5.74) is 5.77. The zero-order valence-electron chi connectivity index (χ0n) is 15.0. The first-order valence-electron chi connectivity index (χ1n) is 8.72. The molecule has 2 atom stereocenters. The Kier molecular flexibility index (Phi) is 5.98. The highest BCUT2D eigenvalue weighted by Crippen LogP contribution is 2.23. The standard InChI is InChI=1S/C22H22N2O3/c1-15(19-8-5-9-20(14-19)22(26)24-27)23-21(25)18-12-10-17(11-13-18)16-6-3-2-4-7-16/h2-15,21,23,25,27H,1H3,(H,24,26). The minimum absolute atomic E-state index is 0.194. The molecule has 0 saturated carbocycles. The summed E-state index contributed by atoms with van der Waals surface area (Å²) < 4.78 is 0. The molecule has 0 aliphatic carbocycles. The number of nitrogens with one attached hydrogen (secondary N) is 2. The fraction of sp³-hybridized carbons (Fsp3) is 0.136. The molecule has 0 aromatic heterocycles. The van der Waals surface area contributed by atoms with Gasteiger partial charge in [-0.15, -0.1) is 0 Å². The van der Waals surface area contributed by atoms with Gasteiger partial charge in [0.2, 0.25) is 0 Å². The maximum Gasteiger partial charge on any atom is 0.274 e. The molecule has 3 aromatic carbocycles. The molecule has 0 fully saturated rings. The highest BCUT2D eigenvalue weighted by atomic mass is 16.5. The highest BCUT2D eigenvalue weighted by molar-refractivity contribution is 5.93. The topological polar surface area (TPSA) is 81.6 Å². The molecule has 5 heteroatoms. The molecule has 4 N–H and O–H groups in total. The van der Waals surface area contributed by atoms with Gasteiger partial charge in [-0.1, -0.05) is 66.7 Å². The van der Waals surface area contributed by atoms with Crippen LogP contribution in [-0.2, 0) is 0 Å². The number of rotatable bonds is 6. The number of benzene rings is 3. The van der Waals surface area contributed by atoms with Crippen LogP contribution in [0, 0.1) is 0 Å². The Hall–Kier alpha value is -2.99. The van der Waals surface area contributed by atoms with Gasteiger partial charge in [0.1, 0.15) is 6.23 Å². The Morgan fingerprint density at radius 3 is 2.19 bits per heavy atom. The van der Waals surface area contributed by atoms with Crippen molar-refractivity contribution in [2.75, 3.05) is 0 Å². The number of aliphatic hydroxyl groups is 1. The summed E-state index contributed by atoms with van der Waals surface area (Å²) in [6.07, 6.45) is -0.847. The molecule has 0 spiro atoms. The Labute approximate surface area is 158 Å². The van der Waals surface area contributed by atoms with Crippen molar-refractivity contribution >= 4 is 5.91 Å². The first kappa shape index (κ1) is 18.8. The molecule has 1 amide bonds. The van der Waals surface area contributed by atoms with Crippen molar-refractivity contribution in [3.05, 3.63) is 95.6 Å². The Morgan fingerprint density at radius 1 is 0.852 bits per heavy atom. The molecule has 0 heterocycles. The number of amides is 1. The van der Waals surface area contributed by atoms with Crippen LogP contribution in [0.2, 0.25) is 0 Å². The molecule has 0 radical (unpaired) electrons. The number of hydrogen-bond donors (Lipinski definition) is 4. The SMILES string of the molecule is CC(NC(O)c1ccc(-c2ccccc2)cc1)c1cccc(C(=O)NO)c1. The van der Waals surface area contributed by atoms with Crippen molar-refractivity contribution in [1.29, 1.82) is 0 Å². The Morgan fingerprint density at radius 2 is 1.52 bits per heavy atom. The maximum absolute atomic E-state index is 11.5. The average Bonchev–Trinajstić information content (AvgIpc) is 2.74. The summed E-state index contributed by atoms with van der Waals surface area (Å²) in [6.45, 7) is 1.90. The fourth-order valence-electron chi connectivity index (χ4n) is 2.93. The molecule has 0 aliphatic rings. The number of hydrogen-bond acceptors (Lipinski definition) is 4. The second kappa shape index (κ2) is 8.60. The quantitative estimate of drug-likeness (QED) is 0.305. The molecular weight excluding hydrogens is 340 g/mol. The smallest absolute Gasteiger partial charge is 0.274 e. The predicted molar refractivity (Wildman–Crippen MR) is 104 cm³/mol. The summed E-state index contributed by atoms with van der Waals surface area (Å²) in [5, 5.41) is 22.4. The minimum atomic E-state index is -0.847. The lowest BCUT2D eigenvalue weighted by Crippen LogP contribution is -2.25. The van der Waals surface area contributed by atoms with Gasteiger partial charge in [0, 0.05) is 11.6 Å². The van der Waals surface area contributed by atoms with Crippen molar-refractivity contribution in [2.24, 2.45) is 0 Å². The van der Waals surface area contributed by atoms with Crippen molar-refractivity contribution < 1.29 is 15.1 Å². The average molecular weight is 362 g/mol. The van der Waals surface area contributed by atoms with Gasteiger partial charge in [0.25, 0.3) is 5.91 Å². The van der Waals surface area contributed by atoms with Gasteiger partial charge in [-0.05, 0) is 41.3 Å². The predicted octanol–water partition coefficient (Wildman–Crippen LogP) is 3.81. The second-order valence-electron chi connectivity index (χ2n) is 6.35. The molecule has 138 valence electrons. The van der Waals surface area contributed by atoms with Crippen LogP contribution in [-0.4, -0.2) is 16.2 Å². The van der Waals surface area contributed by atoms with Gasteiger partial charge in [0.15, 0.2) is 0 Å². The highest BCUT2D eigenvalue weighted by Gasteiger charge is 2.14. The van der Waals surface area contributed by atoms with E-state index >= 15 is 0 Å². The van der Waals surface area contributed by atoms with Gasteiger partial charge >= 0.3 is 0 Å². The van der Waals surface area contributed by atoms with E-state index in [0.29, 0.717) is 5.56 Å². The van der Waals surface area contributed by atoms with E-state index in [0.717, 1.165) is 22.3 Å². The minimum Gasteiger partial charge on any atom is -0.374 e. The largest absolute Gasteiger partial charge is 0.374 e. The lowest BCUT2D eigenvalue weighted by molar-refractivity contribution is 0.0706. The lowest BCUT2D eigenvalue weighted by Gasteiger charge is -2.20. The van der Waals surface area contributed by atoms with Crippen LogP contribution in [0.15, 0.2) is 78.9 Å². The van der Waals surface area contributed by atoms with Crippen LogP contribution in [0.25, 0.3) is 11.1 Å². The fourth-order valence-corrected chi connectivity index (χ4v) is 2.93. The van der Waals surface area contributed by atoms with E-state index in [1.807, 2.05) is 67.6 Å². The van der Waals surface area contributed by atoms with Crippen molar-refractivity contribution in [2.45, 2.75) is 19.2 Å². The van der Waals surface area contributed by atoms with Crippen LogP contribution in [0.4, 0.5) is 0 Å². The van der Waals surface area contributed by atoms with Gasteiger partial charge in [0.05, 0.1) is 0 Å². The second-order valence-corrected chi connectivity index (χ2v) is 6.35. The van der Waals surface area contributed by atoms with E-state index in [4.69, 9.17) is 5.21 Å². The Balaban J connectivity index is 1.69. The van der Waals surface area contributed by atoms with Crippen LogP contribution in [0.1, 0.15) is 40.7 Å². The van der Waals surface area contributed by atoms with E-state index in [2.05, 4.69) is 5.32 Å². The third-order valence-electron chi connectivity index (χ3n) is 4.49. The Bertz CT molecular complexity index is 895. The van der Waals surface area contributed by atoms with E-state index in [9.17, 15) is 9.90 Å². The summed E-state index contributed by atoms with van der Waals surface area (Å²) in [7, 11) is 0. The molecular formula is C22H22N2O3. The molecule has 0 aliphatic heterocycles. The molecule has 3 rings (SSSR count). The van der Waals surface area contributed by atoms with E-state index in [1.165, 1.54) is 0 Å². The first-order chi connectivity index (χ1) is 13.1. The third-order valence-corrected chi connectivity index (χ3v) is 4.49. The van der Waals surface area contributed by atoms with E-state index < -0.39 is 12.1 Å². The number of carbonyl (C=O) groups excluding carboxylic acids is 1. The number of aliphatic hydroxyl groups excluding tert-OH is 1. The number of carbonyl (C=O) groups is 1. The number of hydroxylamine groups is 1. The van der Waals surface area contributed by atoms with E-state index in [-0.39, 0.29) is 6.04 Å². The van der Waals surface area contributed by atoms with Crippen LogP contribution in [0.3, 0.4) is 0 Å². The summed E-state index contributed by atoms with van der Waals surface area (Å²) >= 11 is 0. The molecule has 0 saturated heterocycles. The van der Waals surface area contributed by atoms with Crippen molar-refractivity contribution in [1.82, 2.24) is 10.8 Å². The van der Waals surface area contributed by atoms with Gasteiger partial charge in [-0.3, -0.25) is 15.3 Å². The molecule has 0 bridgehead atoms. The summed E-state index contributed by atoms with van der Waals surface area (Å²) in [6, 6.07) is 24.5.